The van der Waals surface area contributed by atoms with Crippen molar-refractivity contribution in [2.24, 2.45) is 0 Å². The molecule has 35 heavy (non-hydrogen) atoms. The smallest absolute Gasteiger partial charge is 0.234 e. The molecule has 0 aliphatic rings. The Labute approximate surface area is 210 Å². The third-order valence-electron chi connectivity index (χ3n) is 6.19. The summed E-state index contributed by atoms with van der Waals surface area (Å²) < 4.78 is -0.537. The molecule has 0 aliphatic heterocycles. The summed E-state index contributed by atoms with van der Waals surface area (Å²) in [4.78, 5) is 13.3. The molecule has 0 fully saturated rings. The van der Waals surface area contributed by atoms with Gasteiger partial charge in [0.05, 0.1) is 10.5 Å². The first-order chi connectivity index (χ1) is 17.2. The van der Waals surface area contributed by atoms with E-state index in [9.17, 15) is 4.79 Å². The quantitative estimate of drug-likeness (QED) is 0.196. The fourth-order valence-corrected chi connectivity index (χ4v) is 5.90. The molecule has 5 aromatic carbocycles. The van der Waals surface area contributed by atoms with Gasteiger partial charge in [0.15, 0.2) is 0 Å². The number of amides is 1. The SMILES string of the molecule is Nc1cccc2c(NC(=O)CSC(c3ccccc3)(c3ccccc3)c3ccccc3)cccc12. The maximum atomic E-state index is 13.3. The minimum Gasteiger partial charge on any atom is -0.398 e. The van der Waals surface area contributed by atoms with Gasteiger partial charge < -0.3 is 11.1 Å². The summed E-state index contributed by atoms with van der Waals surface area (Å²) >= 11 is 1.63. The van der Waals surface area contributed by atoms with E-state index < -0.39 is 4.75 Å². The molecule has 172 valence electrons. The topological polar surface area (TPSA) is 55.1 Å². The van der Waals surface area contributed by atoms with Crippen LogP contribution in [0, 0.1) is 0 Å². The number of nitrogen functional groups attached to an aromatic ring is 1. The molecular formula is C31H26N2OS. The van der Waals surface area contributed by atoms with Gasteiger partial charge >= 0.3 is 0 Å². The number of carbonyl (C=O) groups is 1. The maximum Gasteiger partial charge on any atom is 0.234 e. The third-order valence-corrected chi connectivity index (χ3v) is 7.74. The number of hydrogen-bond acceptors (Lipinski definition) is 3. The van der Waals surface area contributed by atoms with Crippen LogP contribution >= 0.6 is 11.8 Å². The molecule has 3 N–H and O–H groups in total. The van der Waals surface area contributed by atoms with Crippen LogP contribution in [0.1, 0.15) is 16.7 Å². The Morgan fingerprint density at radius 1 is 0.629 bits per heavy atom. The lowest BCUT2D eigenvalue weighted by Gasteiger charge is -2.35. The second kappa shape index (κ2) is 10.1. The van der Waals surface area contributed by atoms with Crippen LogP contribution in [0.2, 0.25) is 0 Å². The highest BCUT2D eigenvalue weighted by atomic mass is 32.2. The zero-order valence-corrected chi connectivity index (χ0v) is 20.0. The summed E-state index contributed by atoms with van der Waals surface area (Å²) in [6, 6.07) is 42.8. The van der Waals surface area contributed by atoms with Crippen molar-refractivity contribution >= 4 is 39.8 Å². The summed E-state index contributed by atoms with van der Waals surface area (Å²) in [5, 5.41) is 5.00. The monoisotopic (exact) mass is 474 g/mol. The van der Waals surface area contributed by atoms with Crippen LogP contribution in [0.15, 0.2) is 127 Å². The molecule has 0 bridgehead atoms. The van der Waals surface area contributed by atoms with Gasteiger partial charge in [0.1, 0.15) is 0 Å². The van der Waals surface area contributed by atoms with Gasteiger partial charge in [0, 0.05) is 22.1 Å². The van der Waals surface area contributed by atoms with E-state index in [0.717, 1.165) is 33.2 Å². The highest BCUT2D eigenvalue weighted by Crippen LogP contribution is 2.48. The number of carbonyl (C=O) groups excluding carboxylic acids is 1. The minimum absolute atomic E-state index is 0.0582. The summed E-state index contributed by atoms with van der Waals surface area (Å²) in [6.07, 6.45) is 0. The highest BCUT2D eigenvalue weighted by Gasteiger charge is 2.37. The number of fused-ring (bicyclic) bond motifs is 1. The van der Waals surface area contributed by atoms with E-state index in [0.29, 0.717) is 5.69 Å². The first kappa shape index (κ1) is 22.8. The Kier molecular flexibility index (Phi) is 6.55. The molecule has 3 nitrogen and oxygen atoms in total. The molecular weight excluding hydrogens is 448 g/mol. The van der Waals surface area contributed by atoms with Crippen LogP contribution in [-0.2, 0) is 9.54 Å². The maximum absolute atomic E-state index is 13.3. The molecule has 0 saturated heterocycles. The van der Waals surface area contributed by atoms with Crippen LogP contribution in [0.5, 0.6) is 0 Å². The molecule has 0 atom stereocenters. The number of nitrogens with one attached hydrogen (secondary N) is 1. The Balaban J connectivity index is 1.52. The summed E-state index contributed by atoms with van der Waals surface area (Å²) in [6.45, 7) is 0. The van der Waals surface area contributed by atoms with Crippen LogP contribution in [-0.4, -0.2) is 11.7 Å². The van der Waals surface area contributed by atoms with E-state index in [2.05, 4.69) is 78.1 Å². The normalized spacial score (nSPS) is 11.3. The lowest BCUT2D eigenvalue weighted by Crippen LogP contribution is -2.28. The third kappa shape index (κ3) is 4.53. The van der Waals surface area contributed by atoms with Gasteiger partial charge in [-0.25, -0.2) is 0 Å². The van der Waals surface area contributed by atoms with Crippen LogP contribution in [0.25, 0.3) is 10.8 Å². The zero-order valence-electron chi connectivity index (χ0n) is 19.2. The standard InChI is InChI=1S/C31H26N2OS/c32-28-20-10-19-27-26(28)18-11-21-29(27)33-30(34)22-35-31(23-12-4-1-5-13-23,24-14-6-2-7-15-24)25-16-8-3-9-17-25/h1-21H,22,32H2,(H,33,34). The van der Waals surface area contributed by atoms with Gasteiger partial charge in [0.25, 0.3) is 0 Å². The Bertz CT molecular complexity index is 1340. The molecule has 5 aromatic rings. The van der Waals surface area contributed by atoms with Gasteiger partial charge in [0.2, 0.25) is 5.91 Å². The van der Waals surface area contributed by atoms with Gasteiger partial charge in [-0.05, 0) is 28.8 Å². The predicted molar refractivity (Wildman–Crippen MR) is 149 cm³/mol. The fourth-order valence-electron chi connectivity index (χ4n) is 4.57. The average Bonchev–Trinajstić information content (AvgIpc) is 2.92. The molecule has 5 rings (SSSR count). The van der Waals surface area contributed by atoms with Crippen molar-refractivity contribution in [3.05, 3.63) is 144 Å². The van der Waals surface area contributed by atoms with Crippen molar-refractivity contribution in [3.8, 4) is 0 Å². The fraction of sp³-hybridized carbons (Fsp3) is 0.0645. The van der Waals surface area contributed by atoms with E-state index in [-0.39, 0.29) is 11.7 Å². The van der Waals surface area contributed by atoms with E-state index in [1.54, 1.807) is 11.8 Å². The lowest BCUT2D eigenvalue weighted by molar-refractivity contribution is -0.113. The van der Waals surface area contributed by atoms with Crippen molar-refractivity contribution < 1.29 is 4.79 Å². The first-order valence-corrected chi connectivity index (χ1v) is 12.5. The summed E-state index contributed by atoms with van der Waals surface area (Å²) in [5.74, 6) is 0.217. The Morgan fingerprint density at radius 3 is 1.66 bits per heavy atom. The highest BCUT2D eigenvalue weighted by molar-refractivity contribution is 8.01. The van der Waals surface area contributed by atoms with E-state index in [1.807, 2.05) is 54.6 Å². The van der Waals surface area contributed by atoms with Gasteiger partial charge in [-0.2, -0.15) is 0 Å². The van der Waals surface area contributed by atoms with Crippen molar-refractivity contribution in [1.29, 1.82) is 0 Å². The van der Waals surface area contributed by atoms with Gasteiger partial charge in [-0.3, -0.25) is 4.79 Å². The number of nitrogens with two attached hydrogens (primary N) is 1. The Morgan fingerprint density at radius 2 is 1.11 bits per heavy atom. The van der Waals surface area contributed by atoms with Crippen molar-refractivity contribution in [2.45, 2.75) is 4.75 Å². The first-order valence-electron chi connectivity index (χ1n) is 11.6. The molecule has 0 unspecified atom stereocenters. The number of anilines is 2. The van der Waals surface area contributed by atoms with E-state index in [1.165, 1.54) is 0 Å². The van der Waals surface area contributed by atoms with Crippen LogP contribution in [0.4, 0.5) is 11.4 Å². The second-order valence-corrected chi connectivity index (χ2v) is 9.55. The van der Waals surface area contributed by atoms with E-state index in [4.69, 9.17) is 5.73 Å². The predicted octanol–water partition coefficient (Wildman–Crippen LogP) is 7.09. The summed E-state index contributed by atoms with van der Waals surface area (Å²) in [5.41, 5.74) is 11.0. The molecule has 4 heteroatoms. The average molecular weight is 475 g/mol. The van der Waals surface area contributed by atoms with Crippen molar-refractivity contribution in [2.75, 3.05) is 16.8 Å². The Hall–Kier alpha value is -4.02. The second-order valence-electron chi connectivity index (χ2n) is 8.36. The van der Waals surface area contributed by atoms with Crippen molar-refractivity contribution in [3.63, 3.8) is 0 Å². The molecule has 0 spiro atoms. The van der Waals surface area contributed by atoms with Crippen LogP contribution in [0.3, 0.4) is 0 Å². The van der Waals surface area contributed by atoms with Gasteiger partial charge in [-0.1, -0.05) is 115 Å². The van der Waals surface area contributed by atoms with E-state index >= 15 is 0 Å². The number of rotatable bonds is 7. The lowest BCUT2D eigenvalue weighted by atomic mass is 9.84. The minimum atomic E-state index is -0.537. The molecule has 0 radical (unpaired) electrons. The molecule has 1 amide bonds. The molecule has 0 aliphatic carbocycles. The number of benzene rings is 5. The number of thioether (sulfide) groups is 1. The largest absolute Gasteiger partial charge is 0.398 e. The zero-order chi connectivity index (χ0) is 24.1. The van der Waals surface area contributed by atoms with Crippen LogP contribution < -0.4 is 11.1 Å². The molecule has 0 aromatic heterocycles. The van der Waals surface area contributed by atoms with Gasteiger partial charge in [-0.15, -0.1) is 11.8 Å². The number of hydrogen-bond donors (Lipinski definition) is 2. The molecule has 0 heterocycles. The summed E-state index contributed by atoms with van der Waals surface area (Å²) in [7, 11) is 0. The molecule has 0 saturated carbocycles. The van der Waals surface area contributed by atoms with Crippen molar-refractivity contribution in [1.82, 2.24) is 0 Å².